The number of allylic oxidation sites excluding steroid dienone is 2. The molecule has 0 heterocycles. The van der Waals surface area contributed by atoms with Crippen LogP contribution in [-0.2, 0) is 4.79 Å². The zero-order valence-electron chi connectivity index (χ0n) is 14.3. The molecule has 0 radical (unpaired) electrons. The van der Waals surface area contributed by atoms with Crippen LogP contribution in [0, 0.1) is 34.0 Å². The molecule has 1 spiro atoms. The summed E-state index contributed by atoms with van der Waals surface area (Å²) in [5.74, 6) is 1.32. The maximum atomic E-state index is 12.1. The second-order valence-corrected chi connectivity index (χ2v) is 9.24. The number of fused-ring (bicyclic) bond motifs is 2. The Morgan fingerprint density at radius 2 is 1.95 bits per heavy atom. The van der Waals surface area contributed by atoms with E-state index in [1.54, 1.807) is 5.57 Å². The molecule has 4 rings (SSSR count). The van der Waals surface area contributed by atoms with Gasteiger partial charge in [0.05, 0.1) is 5.41 Å². The molecule has 2 bridgehead atoms. The number of carboxylic acid groups (broad SMARTS) is 1. The SMILES string of the molecule is CC1=C[C@H]2CC[C@H]3[C@](C)(C(=O)O)CCC[C@@]3(C)[C@]23CC[C@H]1C3. The van der Waals surface area contributed by atoms with Gasteiger partial charge in [0.2, 0.25) is 0 Å². The molecule has 0 aromatic heterocycles. The monoisotopic (exact) mass is 302 g/mol. The molecule has 22 heavy (non-hydrogen) atoms. The summed E-state index contributed by atoms with van der Waals surface area (Å²) in [4.78, 5) is 12.1. The van der Waals surface area contributed by atoms with Crippen molar-refractivity contribution in [1.82, 2.24) is 0 Å². The molecule has 1 N–H and O–H groups in total. The quantitative estimate of drug-likeness (QED) is 0.689. The predicted octanol–water partition coefficient (Wildman–Crippen LogP) is 5.04. The molecular weight excluding hydrogens is 272 g/mol. The minimum Gasteiger partial charge on any atom is -0.481 e. The standard InChI is InChI=1S/C20H30O2/c1-13-11-15-5-6-16-18(2,17(21)22)8-4-9-19(16,3)20(15)10-7-14(13)12-20/h11,14-16H,4-10,12H2,1-3H3,(H,21,22)/t14-,15+,16-,18+,19+,20-/m0/s1. The van der Waals surface area contributed by atoms with E-state index in [0.29, 0.717) is 17.3 Å². The first-order chi connectivity index (χ1) is 10.3. The van der Waals surface area contributed by atoms with Crippen LogP contribution < -0.4 is 0 Å². The number of rotatable bonds is 1. The van der Waals surface area contributed by atoms with E-state index in [1.807, 2.05) is 6.92 Å². The Morgan fingerprint density at radius 1 is 1.18 bits per heavy atom. The lowest BCUT2D eigenvalue weighted by Gasteiger charge is -2.65. The van der Waals surface area contributed by atoms with Crippen molar-refractivity contribution in [2.24, 2.45) is 34.0 Å². The molecule has 122 valence electrons. The molecule has 0 unspecified atom stereocenters. The second-order valence-electron chi connectivity index (χ2n) is 9.24. The Kier molecular flexibility index (Phi) is 2.95. The normalized spacial score (nSPS) is 53.4. The lowest BCUT2D eigenvalue weighted by Crippen LogP contribution is -2.60. The van der Waals surface area contributed by atoms with Crippen molar-refractivity contribution >= 4 is 5.97 Å². The minimum absolute atomic E-state index is 0.229. The fourth-order valence-corrected chi connectivity index (χ4v) is 7.43. The molecule has 2 heteroatoms. The van der Waals surface area contributed by atoms with Crippen LogP contribution in [0.2, 0.25) is 0 Å². The van der Waals surface area contributed by atoms with Crippen molar-refractivity contribution in [1.29, 1.82) is 0 Å². The predicted molar refractivity (Wildman–Crippen MR) is 87.4 cm³/mol. The highest BCUT2D eigenvalue weighted by molar-refractivity contribution is 5.75. The average Bonchev–Trinajstić information content (AvgIpc) is 2.85. The van der Waals surface area contributed by atoms with Crippen molar-refractivity contribution in [2.45, 2.75) is 72.1 Å². The summed E-state index contributed by atoms with van der Waals surface area (Å²) in [6, 6.07) is 0. The van der Waals surface area contributed by atoms with Gasteiger partial charge in [0.25, 0.3) is 0 Å². The smallest absolute Gasteiger partial charge is 0.309 e. The fourth-order valence-electron chi connectivity index (χ4n) is 7.43. The summed E-state index contributed by atoms with van der Waals surface area (Å²) < 4.78 is 0. The van der Waals surface area contributed by atoms with Crippen LogP contribution in [-0.4, -0.2) is 11.1 Å². The number of carboxylic acids is 1. The van der Waals surface area contributed by atoms with Gasteiger partial charge in [-0.05, 0) is 87.4 Å². The molecular formula is C20H30O2. The van der Waals surface area contributed by atoms with Gasteiger partial charge in [0.1, 0.15) is 0 Å². The highest BCUT2D eigenvalue weighted by atomic mass is 16.4. The Hall–Kier alpha value is -0.790. The third-order valence-corrected chi connectivity index (χ3v) is 8.69. The van der Waals surface area contributed by atoms with Gasteiger partial charge in [-0.3, -0.25) is 4.79 Å². The molecule has 0 aromatic carbocycles. The van der Waals surface area contributed by atoms with Crippen LogP contribution in [0.5, 0.6) is 0 Å². The molecule has 2 nitrogen and oxygen atoms in total. The Bertz CT molecular complexity index is 550. The van der Waals surface area contributed by atoms with E-state index >= 15 is 0 Å². The van der Waals surface area contributed by atoms with Gasteiger partial charge >= 0.3 is 5.97 Å². The van der Waals surface area contributed by atoms with Crippen LogP contribution in [0.25, 0.3) is 0 Å². The van der Waals surface area contributed by atoms with Crippen LogP contribution in [0.3, 0.4) is 0 Å². The maximum Gasteiger partial charge on any atom is 0.309 e. The van der Waals surface area contributed by atoms with Crippen LogP contribution >= 0.6 is 0 Å². The molecule has 6 atom stereocenters. The van der Waals surface area contributed by atoms with Crippen molar-refractivity contribution in [2.75, 3.05) is 0 Å². The third kappa shape index (κ3) is 1.55. The summed E-state index contributed by atoms with van der Waals surface area (Å²) in [7, 11) is 0. The summed E-state index contributed by atoms with van der Waals surface area (Å²) in [5, 5.41) is 9.94. The first-order valence-electron chi connectivity index (χ1n) is 9.25. The van der Waals surface area contributed by atoms with E-state index in [4.69, 9.17) is 0 Å². The lowest BCUT2D eigenvalue weighted by atomic mass is 9.39. The average molecular weight is 302 g/mol. The molecule has 3 fully saturated rings. The van der Waals surface area contributed by atoms with Crippen molar-refractivity contribution < 1.29 is 9.90 Å². The summed E-state index contributed by atoms with van der Waals surface area (Å²) in [6.45, 7) is 6.85. The van der Waals surface area contributed by atoms with E-state index in [2.05, 4.69) is 19.9 Å². The first-order valence-corrected chi connectivity index (χ1v) is 9.25. The number of hydrogen-bond acceptors (Lipinski definition) is 1. The Balaban J connectivity index is 1.82. The molecule has 0 amide bonds. The Morgan fingerprint density at radius 3 is 2.68 bits per heavy atom. The summed E-state index contributed by atoms with van der Waals surface area (Å²) >= 11 is 0. The van der Waals surface area contributed by atoms with Gasteiger partial charge in [-0.25, -0.2) is 0 Å². The van der Waals surface area contributed by atoms with Gasteiger partial charge in [-0.15, -0.1) is 0 Å². The van der Waals surface area contributed by atoms with E-state index in [-0.39, 0.29) is 5.41 Å². The van der Waals surface area contributed by atoms with Crippen molar-refractivity contribution in [3.05, 3.63) is 11.6 Å². The van der Waals surface area contributed by atoms with Crippen molar-refractivity contribution in [3.8, 4) is 0 Å². The van der Waals surface area contributed by atoms with E-state index < -0.39 is 11.4 Å². The molecule has 0 aromatic rings. The minimum atomic E-state index is -0.546. The van der Waals surface area contributed by atoms with Gasteiger partial charge in [0.15, 0.2) is 0 Å². The van der Waals surface area contributed by atoms with E-state index in [0.717, 1.165) is 25.2 Å². The number of hydrogen-bond donors (Lipinski definition) is 1. The zero-order chi connectivity index (χ0) is 15.8. The molecule has 4 aliphatic carbocycles. The van der Waals surface area contributed by atoms with Crippen LogP contribution in [0.4, 0.5) is 0 Å². The number of carbonyl (C=O) groups is 1. The highest BCUT2D eigenvalue weighted by Gasteiger charge is 2.66. The van der Waals surface area contributed by atoms with Gasteiger partial charge in [0, 0.05) is 0 Å². The van der Waals surface area contributed by atoms with Gasteiger partial charge in [-0.2, -0.15) is 0 Å². The fraction of sp³-hybridized carbons (Fsp3) is 0.850. The first kappa shape index (κ1) is 14.8. The second kappa shape index (κ2) is 4.39. The molecule has 4 aliphatic rings. The van der Waals surface area contributed by atoms with E-state index in [1.165, 1.54) is 32.1 Å². The van der Waals surface area contributed by atoms with E-state index in [9.17, 15) is 9.90 Å². The lowest BCUT2D eigenvalue weighted by molar-refractivity contribution is -0.184. The zero-order valence-corrected chi connectivity index (χ0v) is 14.3. The van der Waals surface area contributed by atoms with Crippen LogP contribution in [0.1, 0.15) is 72.1 Å². The van der Waals surface area contributed by atoms with Gasteiger partial charge < -0.3 is 5.11 Å². The van der Waals surface area contributed by atoms with Crippen molar-refractivity contribution in [3.63, 3.8) is 0 Å². The van der Waals surface area contributed by atoms with Gasteiger partial charge in [-0.1, -0.05) is 25.0 Å². The summed E-state index contributed by atoms with van der Waals surface area (Å²) in [5.41, 5.74) is 1.75. The largest absolute Gasteiger partial charge is 0.481 e. The Labute approximate surface area is 134 Å². The molecule has 3 saturated carbocycles. The maximum absolute atomic E-state index is 12.1. The topological polar surface area (TPSA) is 37.3 Å². The molecule has 0 aliphatic heterocycles. The summed E-state index contributed by atoms with van der Waals surface area (Å²) in [6.07, 6.45) is 12.1. The third-order valence-electron chi connectivity index (χ3n) is 8.69. The highest BCUT2D eigenvalue weighted by Crippen LogP contribution is 2.73. The molecule has 0 saturated heterocycles. The van der Waals surface area contributed by atoms with Crippen LogP contribution in [0.15, 0.2) is 11.6 Å². The number of aliphatic carboxylic acids is 1.